The lowest BCUT2D eigenvalue weighted by Crippen LogP contribution is -2.39. The summed E-state index contributed by atoms with van der Waals surface area (Å²) in [6.07, 6.45) is 2.22. The van der Waals surface area contributed by atoms with Crippen LogP contribution in [0.4, 0.5) is 10.5 Å². The molecule has 0 saturated heterocycles. The van der Waals surface area contributed by atoms with Gasteiger partial charge < -0.3 is 19.1 Å². The van der Waals surface area contributed by atoms with E-state index < -0.39 is 5.60 Å². The van der Waals surface area contributed by atoms with E-state index in [4.69, 9.17) is 4.74 Å². The highest BCUT2D eigenvalue weighted by Crippen LogP contribution is 2.30. The van der Waals surface area contributed by atoms with Crippen LogP contribution < -0.4 is 10.5 Å². The van der Waals surface area contributed by atoms with E-state index in [0.717, 1.165) is 33.3 Å². The zero-order valence-electron chi connectivity index (χ0n) is 22.5. The van der Waals surface area contributed by atoms with Crippen LogP contribution in [-0.2, 0) is 11.3 Å². The lowest BCUT2D eigenvalue weighted by molar-refractivity contribution is 0.0270. The highest BCUT2D eigenvalue weighted by atomic mass is 16.6. The van der Waals surface area contributed by atoms with E-state index in [1.165, 1.54) is 0 Å². The predicted octanol–water partition coefficient (Wildman–Crippen LogP) is 5.63. The summed E-state index contributed by atoms with van der Waals surface area (Å²) in [6.45, 7) is 10.9. The first-order valence-corrected chi connectivity index (χ1v) is 12.7. The second kappa shape index (κ2) is 10.2. The molecule has 2 amide bonds. The van der Waals surface area contributed by atoms with Gasteiger partial charge in [0.05, 0.1) is 5.52 Å². The smallest absolute Gasteiger partial charge is 0.410 e. The molecule has 1 aliphatic heterocycles. The Bertz CT molecular complexity index is 1430. The number of hydrogen-bond donors (Lipinski definition) is 0. The molecular weight excluding hydrogens is 466 g/mol. The Balaban J connectivity index is 1.71. The number of aryl methyl sites for hydroxylation is 2. The van der Waals surface area contributed by atoms with Crippen molar-refractivity contribution in [2.75, 3.05) is 25.0 Å². The average Bonchev–Trinajstić information content (AvgIpc) is 2.86. The highest BCUT2D eigenvalue weighted by Gasteiger charge is 2.25. The van der Waals surface area contributed by atoms with Crippen molar-refractivity contribution in [3.8, 4) is 0 Å². The summed E-state index contributed by atoms with van der Waals surface area (Å²) in [5.74, 6) is -0.125. The molecule has 2 heterocycles. The number of anilines is 1. The van der Waals surface area contributed by atoms with Crippen LogP contribution in [0.25, 0.3) is 16.5 Å². The summed E-state index contributed by atoms with van der Waals surface area (Å²) in [5, 5.41) is 0.849. The van der Waals surface area contributed by atoms with Crippen molar-refractivity contribution in [3.05, 3.63) is 81.7 Å². The Morgan fingerprint density at radius 3 is 2.35 bits per heavy atom. The van der Waals surface area contributed by atoms with E-state index in [0.29, 0.717) is 31.6 Å². The summed E-state index contributed by atoms with van der Waals surface area (Å²) in [6, 6.07) is 15.0. The number of nitrogens with zero attached hydrogens (tertiary/aromatic N) is 3. The Kier molecular flexibility index (Phi) is 7.25. The molecule has 0 saturated carbocycles. The standard InChI is InChI=1S/C30H35N3O4/c1-7-33-26-13-10-22(28(35)31(6)23-11-8-20(2)9-12-23)18-25(26)24(19-27(33)34)21-14-16-32(17-15-21)29(36)37-30(3,4)5/h8-14,18-19H,7,15-17H2,1-6H3. The van der Waals surface area contributed by atoms with Gasteiger partial charge in [0.15, 0.2) is 0 Å². The molecular formula is C30H35N3O4. The zero-order valence-corrected chi connectivity index (χ0v) is 22.5. The van der Waals surface area contributed by atoms with Gasteiger partial charge in [-0.1, -0.05) is 23.8 Å². The van der Waals surface area contributed by atoms with E-state index in [9.17, 15) is 14.4 Å². The van der Waals surface area contributed by atoms with Gasteiger partial charge in [-0.05, 0) is 82.5 Å². The lowest BCUT2D eigenvalue weighted by Gasteiger charge is -2.30. The summed E-state index contributed by atoms with van der Waals surface area (Å²) in [4.78, 5) is 42.2. The fourth-order valence-corrected chi connectivity index (χ4v) is 4.60. The molecule has 0 N–H and O–H groups in total. The molecule has 0 fully saturated rings. The number of aromatic nitrogens is 1. The molecule has 194 valence electrons. The molecule has 2 aromatic carbocycles. The fraction of sp³-hybridized carbons (Fsp3) is 0.367. The van der Waals surface area contributed by atoms with Crippen LogP contribution in [-0.4, -0.2) is 47.2 Å². The van der Waals surface area contributed by atoms with Crippen molar-refractivity contribution in [2.24, 2.45) is 0 Å². The first-order chi connectivity index (χ1) is 17.5. The minimum atomic E-state index is -0.559. The number of fused-ring (bicyclic) bond motifs is 1. The Morgan fingerprint density at radius 2 is 1.76 bits per heavy atom. The first kappa shape index (κ1) is 26.2. The largest absolute Gasteiger partial charge is 0.444 e. The SMILES string of the molecule is CCn1c(=O)cc(C2=CCN(C(=O)OC(C)(C)C)CC2)c2cc(C(=O)N(C)c3ccc(C)cc3)ccc21. The minimum Gasteiger partial charge on any atom is -0.444 e. The quantitative estimate of drug-likeness (QED) is 0.464. The molecule has 3 aromatic rings. The van der Waals surface area contributed by atoms with Crippen molar-refractivity contribution in [1.29, 1.82) is 0 Å². The van der Waals surface area contributed by atoms with Gasteiger partial charge in [-0.15, -0.1) is 0 Å². The van der Waals surface area contributed by atoms with Gasteiger partial charge in [0, 0.05) is 49.4 Å². The molecule has 7 nitrogen and oxygen atoms in total. The summed E-state index contributed by atoms with van der Waals surface area (Å²) in [7, 11) is 1.76. The molecule has 0 spiro atoms. The van der Waals surface area contributed by atoms with Gasteiger partial charge in [0.25, 0.3) is 11.5 Å². The van der Waals surface area contributed by atoms with Crippen LogP contribution in [0.1, 0.15) is 55.6 Å². The van der Waals surface area contributed by atoms with Crippen LogP contribution in [0.2, 0.25) is 0 Å². The molecule has 4 rings (SSSR count). The van der Waals surface area contributed by atoms with Crippen molar-refractivity contribution in [2.45, 2.75) is 53.2 Å². The van der Waals surface area contributed by atoms with E-state index in [1.807, 2.05) is 77.1 Å². The van der Waals surface area contributed by atoms with E-state index in [2.05, 4.69) is 0 Å². The first-order valence-electron chi connectivity index (χ1n) is 12.7. The summed E-state index contributed by atoms with van der Waals surface area (Å²) in [5.41, 5.74) is 4.42. The van der Waals surface area contributed by atoms with Crippen LogP contribution in [0.15, 0.2) is 59.4 Å². The van der Waals surface area contributed by atoms with Gasteiger partial charge >= 0.3 is 6.09 Å². The third-order valence-electron chi connectivity index (χ3n) is 6.61. The number of hydrogen-bond acceptors (Lipinski definition) is 4. The predicted molar refractivity (Wildman–Crippen MR) is 148 cm³/mol. The number of carbonyl (C=O) groups is 2. The van der Waals surface area contributed by atoms with Crippen molar-refractivity contribution in [1.82, 2.24) is 9.47 Å². The van der Waals surface area contributed by atoms with E-state index in [1.54, 1.807) is 33.5 Å². The monoisotopic (exact) mass is 501 g/mol. The van der Waals surface area contributed by atoms with Crippen LogP contribution >= 0.6 is 0 Å². The number of pyridine rings is 1. The molecule has 0 unspecified atom stereocenters. The third-order valence-corrected chi connectivity index (χ3v) is 6.61. The van der Waals surface area contributed by atoms with Crippen LogP contribution in [0.3, 0.4) is 0 Å². The molecule has 0 radical (unpaired) electrons. The van der Waals surface area contributed by atoms with Crippen LogP contribution in [0, 0.1) is 6.92 Å². The molecule has 0 aliphatic carbocycles. The van der Waals surface area contributed by atoms with Gasteiger partial charge in [-0.3, -0.25) is 9.59 Å². The zero-order chi connectivity index (χ0) is 26.9. The maximum atomic E-state index is 13.4. The fourth-order valence-electron chi connectivity index (χ4n) is 4.60. The van der Waals surface area contributed by atoms with Gasteiger partial charge in [0.1, 0.15) is 5.60 Å². The Hall–Kier alpha value is -3.87. The van der Waals surface area contributed by atoms with E-state index >= 15 is 0 Å². The maximum absolute atomic E-state index is 13.4. The maximum Gasteiger partial charge on any atom is 0.410 e. The van der Waals surface area contributed by atoms with Crippen molar-refractivity contribution >= 4 is 34.2 Å². The van der Waals surface area contributed by atoms with Crippen molar-refractivity contribution < 1.29 is 14.3 Å². The molecule has 7 heteroatoms. The Morgan fingerprint density at radius 1 is 1.05 bits per heavy atom. The summed E-state index contributed by atoms with van der Waals surface area (Å²) < 4.78 is 7.22. The second-order valence-corrected chi connectivity index (χ2v) is 10.5. The average molecular weight is 502 g/mol. The number of carbonyl (C=O) groups excluding carboxylic acids is 2. The van der Waals surface area contributed by atoms with Gasteiger partial charge in [-0.25, -0.2) is 4.79 Å². The normalized spacial score (nSPS) is 13.9. The van der Waals surface area contributed by atoms with Crippen molar-refractivity contribution in [3.63, 3.8) is 0 Å². The van der Waals surface area contributed by atoms with Gasteiger partial charge in [-0.2, -0.15) is 0 Å². The molecule has 37 heavy (non-hydrogen) atoms. The topological polar surface area (TPSA) is 71.9 Å². The number of amides is 2. The third kappa shape index (κ3) is 5.61. The van der Waals surface area contributed by atoms with Gasteiger partial charge in [0.2, 0.25) is 0 Å². The molecule has 0 atom stereocenters. The van der Waals surface area contributed by atoms with Crippen LogP contribution in [0.5, 0.6) is 0 Å². The molecule has 0 bridgehead atoms. The Labute approximate surface area is 217 Å². The molecule has 1 aromatic heterocycles. The second-order valence-electron chi connectivity index (χ2n) is 10.5. The number of ether oxygens (including phenoxy) is 1. The number of rotatable bonds is 4. The summed E-state index contributed by atoms with van der Waals surface area (Å²) >= 11 is 0. The van der Waals surface area contributed by atoms with E-state index in [-0.39, 0.29) is 17.6 Å². The number of benzene rings is 2. The lowest BCUT2D eigenvalue weighted by atomic mass is 9.95. The minimum absolute atomic E-state index is 0.0867. The highest BCUT2D eigenvalue weighted by molar-refractivity contribution is 6.08. The molecule has 1 aliphatic rings.